The second-order valence-corrected chi connectivity index (χ2v) is 4.54. The Labute approximate surface area is 123 Å². The molecule has 1 atom stereocenters. The number of benzene rings is 1. The Morgan fingerprint density at radius 1 is 1.33 bits per heavy atom. The maximum absolute atomic E-state index is 13.7. The number of rotatable bonds is 5. The fourth-order valence-corrected chi connectivity index (χ4v) is 1.89. The van der Waals surface area contributed by atoms with Crippen molar-refractivity contribution in [2.24, 2.45) is 0 Å². The highest BCUT2D eigenvalue weighted by atomic mass is 19.1. The molecule has 0 bridgehead atoms. The van der Waals surface area contributed by atoms with Crippen LogP contribution in [0, 0.1) is 12.7 Å². The summed E-state index contributed by atoms with van der Waals surface area (Å²) in [6, 6.07) is 8.97. The molecule has 0 saturated carbocycles. The lowest BCUT2D eigenvalue weighted by molar-refractivity contribution is -0.144. The maximum atomic E-state index is 13.7. The second kappa shape index (κ2) is 6.83. The van der Waals surface area contributed by atoms with Crippen LogP contribution in [0.3, 0.4) is 0 Å². The first-order valence-corrected chi connectivity index (χ1v) is 6.72. The molecule has 4 nitrogen and oxygen atoms in total. The van der Waals surface area contributed by atoms with Gasteiger partial charge in [0.25, 0.3) is 0 Å². The van der Waals surface area contributed by atoms with Gasteiger partial charge in [0.1, 0.15) is 5.82 Å². The molecule has 0 aliphatic heterocycles. The molecule has 0 fully saturated rings. The van der Waals surface area contributed by atoms with Crippen LogP contribution in [0.5, 0.6) is 0 Å². The predicted molar refractivity (Wildman–Crippen MR) is 78.4 cm³/mol. The van der Waals surface area contributed by atoms with Crippen molar-refractivity contribution in [2.75, 3.05) is 11.9 Å². The van der Waals surface area contributed by atoms with Crippen LogP contribution in [0.15, 0.2) is 42.6 Å². The summed E-state index contributed by atoms with van der Waals surface area (Å²) in [5, 5.41) is 2.88. The van der Waals surface area contributed by atoms with Gasteiger partial charge in [0, 0.05) is 17.5 Å². The first-order chi connectivity index (χ1) is 10.1. The monoisotopic (exact) mass is 288 g/mol. The zero-order valence-electron chi connectivity index (χ0n) is 12.0. The van der Waals surface area contributed by atoms with E-state index in [2.05, 4.69) is 10.3 Å². The molecule has 0 saturated heterocycles. The van der Waals surface area contributed by atoms with Crippen molar-refractivity contribution in [1.82, 2.24) is 4.98 Å². The van der Waals surface area contributed by atoms with Gasteiger partial charge < -0.3 is 10.1 Å². The van der Waals surface area contributed by atoms with Gasteiger partial charge in [0.15, 0.2) is 6.04 Å². The molecule has 1 aromatic carbocycles. The largest absolute Gasteiger partial charge is 0.464 e. The molecule has 2 aromatic rings. The standard InChI is InChI=1S/C16H17FN2O2/c1-3-21-16(20)15(12-9-8-11(2)18-10-12)19-14-7-5-4-6-13(14)17/h4-10,15,19H,3H2,1-2H3. The molecular formula is C16H17FN2O2. The summed E-state index contributed by atoms with van der Waals surface area (Å²) < 4.78 is 18.8. The van der Waals surface area contributed by atoms with Crippen molar-refractivity contribution in [2.45, 2.75) is 19.9 Å². The lowest BCUT2D eigenvalue weighted by Crippen LogP contribution is -2.24. The van der Waals surface area contributed by atoms with E-state index in [1.54, 1.807) is 43.5 Å². The Morgan fingerprint density at radius 3 is 2.71 bits per heavy atom. The number of aromatic nitrogens is 1. The maximum Gasteiger partial charge on any atom is 0.333 e. The number of anilines is 1. The Kier molecular flexibility index (Phi) is 4.87. The minimum Gasteiger partial charge on any atom is -0.464 e. The summed E-state index contributed by atoms with van der Waals surface area (Å²) in [7, 11) is 0. The Morgan fingerprint density at radius 2 is 2.10 bits per heavy atom. The molecular weight excluding hydrogens is 271 g/mol. The molecule has 1 N–H and O–H groups in total. The third-order valence-corrected chi connectivity index (χ3v) is 2.96. The number of hydrogen-bond donors (Lipinski definition) is 1. The number of nitrogens with one attached hydrogen (secondary N) is 1. The number of halogens is 1. The van der Waals surface area contributed by atoms with Gasteiger partial charge in [0.2, 0.25) is 0 Å². The number of esters is 1. The lowest BCUT2D eigenvalue weighted by atomic mass is 10.1. The third-order valence-electron chi connectivity index (χ3n) is 2.96. The van der Waals surface area contributed by atoms with Crippen LogP contribution >= 0.6 is 0 Å². The molecule has 5 heteroatoms. The molecule has 0 aliphatic carbocycles. The van der Waals surface area contributed by atoms with Crippen molar-refractivity contribution in [3.05, 3.63) is 59.7 Å². The van der Waals surface area contributed by atoms with E-state index in [9.17, 15) is 9.18 Å². The number of carbonyl (C=O) groups is 1. The van der Waals surface area contributed by atoms with Crippen LogP contribution in [-0.4, -0.2) is 17.6 Å². The molecule has 2 rings (SSSR count). The fraction of sp³-hybridized carbons (Fsp3) is 0.250. The van der Waals surface area contributed by atoms with Gasteiger partial charge in [0.05, 0.1) is 12.3 Å². The van der Waals surface area contributed by atoms with Crippen LogP contribution in [0.25, 0.3) is 0 Å². The van der Waals surface area contributed by atoms with Gasteiger partial charge in [-0.3, -0.25) is 4.98 Å². The van der Waals surface area contributed by atoms with E-state index >= 15 is 0 Å². The fourth-order valence-electron chi connectivity index (χ4n) is 1.89. The number of hydrogen-bond acceptors (Lipinski definition) is 4. The van der Waals surface area contributed by atoms with E-state index in [1.807, 2.05) is 6.92 Å². The van der Waals surface area contributed by atoms with Crippen molar-refractivity contribution in [3.8, 4) is 0 Å². The van der Waals surface area contributed by atoms with Gasteiger partial charge in [-0.05, 0) is 32.0 Å². The first kappa shape index (κ1) is 15.0. The first-order valence-electron chi connectivity index (χ1n) is 6.72. The smallest absolute Gasteiger partial charge is 0.333 e. The minimum atomic E-state index is -0.796. The molecule has 1 unspecified atom stereocenters. The van der Waals surface area contributed by atoms with E-state index in [4.69, 9.17) is 4.74 Å². The highest BCUT2D eigenvalue weighted by Gasteiger charge is 2.23. The van der Waals surface area contributed by atoms with Crippen LogP contribution in [0.1, 0.15) is 24.2 Å². The molecule has 0 spiro atoms. The van der Waals surface area contributed by atoms with E-state index < -0.39 is 17.8 Å². The highest BCUT2D eigenvalue weighted by Crippen LogP contribution is 2.22. The van der Waals surface area contributed by atoms with E-state index in [0.717, 1.165) is 5.69 Å². The van der Waals surface area contributed by atoms with Crippen molar-refractivity contribution >= 4 is 11.7 Å². The van der Waals surface area contributed by atoms with E-state index in [-0.39, 0.29) is 12.3 Å². The summed E-state index contributed by atoms with van der Waals surface area (Å²) >= 11 is 0. The molecule has 21 heavy (non-hydrogen) atoms. The zero-order chi connectivity index (χ0) is 15.2. The summed E-state index contributed by atoms with van der Waals surface area (Å²) in [6.07, 6.45) is 1.59. The molecule has 0 radical (unpaired) electrons. The Bertz CT molecular complexity index is 614. The normalized spacial score (nSPS) is 11.8. The zero-order valence-corrected chi connectivity index (χ0v) is 12.0. The molecule has 110 valence electrons. The van der Waals surface area contributed by atoms with Crippen LogP contribution in [-0.2, 0) is 9.53 Å². The summed E-state index contributed by atoms with van der Waals surface area (Å²) in [4.78, 5) is 16.3. The average Bonchev–Trinajstić information content (AvgIpc) is 2.48. The van der Waals surface area contributed by atoms with Crippen LogP contribution in [0.4, 0.5) is 10.1 Å². The van der Waals surface area contributed by atoms with Crippen molar-refractivity contribution in [1.29, 1.82) is 0 Å². The Hall–Kier alpha value is -2.43. The second-order valence-electron chi connectivity index (χ2n) is 4.54. The number of nitrogens with zero attached hydrogens (tertiary/aromatic N) is 1. The third kappa shape index (κ3) is 3.78. The van der Waals surface area contributed by atoms with Gasteiger partial charge in [-0.25, -0.2) is 9.18 Å². The van der Waals surface area contributed by atoms with Gasteiger partial charge in [-0.2, -0.15) is 0 Å². The number of para-hydroxylation sites is 1. The van der Waals surface area contributed by atoms with Gasteiger partial charge >= 0.3 is 5.97 Å². The highest BCUT2D eigenvalue weighted by molar-refractivity contribution is 5.81. The van der Waals surface area contributed by atoms with Crippen LogP contribution < -0.4 is 5.32 Å². The number of carbonyl (C=O) groups excluding carboxylic acids is 1. The Balaban J connectivity index is 2.30. The van der Waals surface area contributed by atoms with Gasteiger partial charge in [-0.1, -0.05) is 18.2 Å². The molecule has 0 amide bonds. The van der Waals surface area contributed by atoms with E-state index in [0.29, 0.717) is 5.56 Å². The molecule has 0 aliphatic rings. The van der Waals surface area contributed by atoms with E-state index in [1.165, 1.54) is 6.07 Å². The van der Waals surface area contributed by atoms with Crippen LogP contribution in [0.2, 0.25) is 0 Å². The number of pyridine rings is 1. The number of aryl methyl sites for hydroxylation is 1. The summed E-state index contributed by atoms with van der Waals surface area (Å²) in [6.45, 7) is 3.84. The van der Waals surface area contributed by atoms with Crippen molar-refractivity contribution < 1.29 is 13.9 Å². The number of ether oxygens (including phenoxy) is 1. The van der Waals surface area contributed by atoms with Gasteiger partial charge in [-0.15, -0.1) is 0 Å². The topological polar surface area (TPSA) is 51.2 Å². The predicted octanol–water partition coefficient (Wildman–Crippen LogP) is 3.25. The minimum absolute atomic E-state index is 0.246. The summed E-state index contributed by atoms with van der Waals surface area (Å²) in [5.74, 6) is -0.890. The quantitative estimate of drug-likeness (QED) is 0.858. The van der Waals surface area contributed by atoms with Crippen molar-refractivity contribution in [3.63, 3.8) is 0 Å². The molecule has 1 heterocycles. The SMILES string of the molecule is CCOC(=O)C(Nc1ccccc1F)c1ccc(C)nc1. The summed E-state index contributed by atoms with van der Waals surface area (Å²) in [5.41, 5.74) is 1.71. The molecule has 1 aromatic heterocycles. The average molecular weight is 288 g/mol. The lowest BCUT2D eigenvalue weighted by Gasteiger charge is -2.19.